The van der Waals surface area contributed by atoms with Gasteiger partial charge in [0.25, 0.3) is 0 Å². The van der Waals surface area contributed by atoms with Gasteiger partial charge < -0.3 is 5.11 Å². The minimum absolute atomic E-state index is 0. The minimum Gasteiger partial charge on any atom is -0.472 e. The maximum absolute atomic E-state index is 9.13. The van der Waals surface area contributed by atoms with Crippen molar-refractivity contribution in [3.05, 3.63) is 0 Å². The molecule has 0 atom stereocenters. The predicted octanol–water partition coefficient (Wildman–Crippen LogP) is -0.298. The quantitative estimate of drug-likeness (QED) is 0.408. The Bertz CT molecular complexity index is 81.3. The predicted molar refractivity (Wildman–Crippen MR) is 16.5 cm³/mol. The summed E-state index contributed by atoms with van der Waals surface area (Å²) in [6.45, 7) is 0. The second-order valence-corrected chi connectivity index (χ2v) is 0.449. The second kappa shape index (κ2) is 4.77. The Morgan fingerprint density at radius 1 is 1.83 bits per heavy atom. The molecule has 0 aliphatic carbocycles. The van der Waals surface area contributed by atoms with Crippen molar-refractivity contribution in [2.75, 3.05) is 0 Å². The molecular formula is C3H2AgO2. The number of carbonyl (C=O) groups is 1. The number of hydrogen-bond donors (Lipinski definition) is 1. The summed E-state index contributed by atoms with van der Waals surface area (Å²) in [5, 5.41) is 7.49. The van der Waals surface area contributed by atoms with Crippen molar-refractivity contribution in [3.8, 4) is 12.3 Å². The molecule has 0 heterocycles. The first-order valence-electron chi connectivity index (χ1n) is 0.966. The zero-order valence-electron chi connectivity index (χ0n) is 2.73. The molecule has 0 saturated heterocycles. The van der Waals surface area contributed by atoms with Crippen molar-refractivity contribution in [1.82, 2.24) is 0 Å². The van der Waals surface area contributed by atoms with Gasteiger partial charge in [-0.15, -0.1) is 6.42 Å². The molecule has 0 unspecified atom stereocenters. The van der Waals surface area contributed by atoms with Crippen LogP contribution in [0.4, 0.5) is 0 Å². The van der Waals surface area contributed by atoms with Crippen molar-refractivity contribution in [1.29, 1.82) is 0 Å². The number of carboxylic acids is 1. The standard InChI is InChI=1S/C3H2O2.Ag/c1-2-3(4)5;/h1H,(H,4,5);. The monoisotopic (exact) mass is 177 g/mol. The summed E-state index contributed by atoms with van der Waals surface area (Å²) in [6.07, 6.45) is 4.32. The molecule has 0 rings (SSSR count). The molecule has 0 bridgehead atoms. The summed E-state index contributed by atoms with van der Waals surface area (Å²) >= 11 is 0. The van der Waals surface area contributed by atoms with E-state index >= 15 is 0 Å². The normalized spacial score (nSPS) is 4.50. The largest absolute Gasteiger partial charge is 0.472 e. The van der Waals surface area contributed by atoms with Gasteiger partial charge in [0, 0.05) is 28.3 Å². The Morgan fingerprint density at radius 3 is 2.00 bits per heavy atom. The van der Waals surface area contributed by atoms with Crippen molar-refractivity contribution in [2.24, 2.45) is 0 Å². The van der Waals surface area contributed by atoms with E-state index in [0.717, 1.165) is 0 Å². The van der Waals surface area contributed by atoms with Crippen molar-refractivity contribution >= 4 is 5.97 Å². The molecule has 37 valence electrons. The Balaban J connectivity index is 0. The van der Waals surface area contributed by atoms with E-state index in [2.05, 4.69) is 6.42 Å². The first kappa shape index (κ1) is 9.24. The number of hydrogen-bond acceptors (Lipinski definition) is 1. The van der Waals surface area contributed by atoms with E-state index in [4.69, 9.17) is 9.90 Å². The van der Waals surface area contributed by atoms with Gasteiger partial charge in [-0.3, -0.25) is 0 Å². The Labute approximate surface area is 51.1 Å². The zero-order chi connectivity index (χ0) is 4.28. The molecule has 0 aromatic carbocycles. The maximum Gasteiger partial charge on any atom is 0.381 e. The van der Waals surface area contributed by atoms with Gasteiger partial charge in [0.15, 0.2) is 0 Å². The molecular weight excluding hydrogens is 176 g/mol. The minimum atomic E-state index is -1.22. The average Bonchev–Trinajstić information content (AvgIpc) is 1.38. The summed E-state index contributed by atoms with van der Waals surface area (Å²) in [4.78, 5) is 9.13. The number of aliphatic carboxylic acids is 1. The summed E-state index contributed by atoms with van der Waals surface area (Å²) in [5.74, 6) is 0.227. The molecule has 0 aliphatic heterocycles. The molecule has 0 fully saturated rings. The Hall–Kier alpha value is -0.230. The van der Waals surface area contributed by atoms with Crippen LogP contribution in [0.5, 0.6) is 0 Å². The van der Waals surface area contributed by atoms with E-state index < -0.39 is 5.97 Å². The van der Waals surface area contributed by atoms with E-state index in [1.807, 2.05) is 0 Å². The van der Waals surface area contributed by atoms with E-state index in [1.165, 1.54) is 5.92 Å². The summed E-state index contributed by atoms with van der Waals surface area (Å²) < 4.78 is 0. The van der Waals surface area contributed by atoms with Gasteiger partial charge in [0.05, 0.1) is 0 Å². The van der Waals surface area contributed by atoms with Crippen LogP contribution in [0.3, 0.4) is 0 Å². The third kappa shape index (κ3) is 9.23. The summed E-state index contributed by atoms with van der Waals surface area (Å²) in [7, 11) is 0. The topological polar surface area (TPSA) is 37.3 Å². The van der Waals surface area contributed by atoms with Gasteiger partial charge in [0.2, 0.25) is 0 Å². The van der Waals surface area contributed by atoms with Gasteiger partial charge in [0.1, 0.15) is 0 Å². The van der Waals surface area contributed by atoms with E-state index in [9.17, 15) is 0 Å². The van der Waals surface area contributed by atoms with Crippen LogP contribution in [0.25, 0.3) is 0 Å². The van der Waals surface area contributed by atoms with Crippen LogP contribution in [0.1, 0.15) is 0 Å². The maximum atomic E-state index is 9.13. The van der Waals surface area contributed by atoms with Gasteiger partial charge >= 0.3 is 5.97 Å². The summed E-state index contributed by atoms with van der Waals surface area (Å²) in [6, 6.07) is 0. The van der Waals surface area contributed by atoms with E-state index in [1.54, 1.807) is 0 Å². The molecule has 1 N–H and O–H groups in total. The molecule has 0 amide bonds. The van der Waals surface area contributed by atoms with Crippen LogP contribution in [-0.4, -0.2) is 11.1 Å². The Morgan fingerprint density at radius 2 is 2.00 bits per heavy atom. The number of rotatable bonds is 0. The average molecular weight is 178 g/mol. The van der Waals surface area contributed by atoms with E-state index in [-0.39, 0.29) is 22.4 Å². The smallest absolute Gasteiger partial charge is 0.381 e. The fourth-order valence-electron chi connectivity index (χ4n) is 0. The van der Waals surface area contributed by atoms with Crippen LogP contribution < -0.4 is 0 Å². The molecule has 1 radical (unpaired) electrons. The summed E-state index contributed by atoms with van der Waals surface area (Å²) in [5.41, 5.74) is 0. The van der Waals surface area contributed by atoms with Crippen molar-refractivity contribution in [3.63, 3.8) is 0 Å². The van der Waals surface area contributed by atoms with Gasteiger partial charge in [-0.25, -0.2) is 4.79 Å². The van der Waals surface area contributed by atoms with E-state index in [0.29, 0.717) is 0 Å². The number of terminal acetylenes is 1. The molecule has 0 aromatic heterocycles. The van der Waals surface area contributed by atoms with Crippen LogP contribution in [-0.2, 0) is 27.2 Å². The van der Waals surface area contributed by atoms with Crippen LogP contribution in [0.2, 0.25) is 0 Å². The first-order valence-corrected chi connectivity index (χ1v) is 0.966. The van der Waals surface area contributed by atoms with Crippen LogP contribution in [0, 0.1) is 12.3 Å². The fourth-order valence-corrected chi connectivity index (χ4v) is 0. The van der Waals surface area contributed by atoms with Gasteiger partial charge in [-0.1, -0.05) is 0 Å². The van der Waals surface area contributed by atoms with Gasteiger partial charge in [-0.05, 0) is 0 Å². The zero-order valence-corrected chi connectivity index (χ0v) is 4.22. The number of carboxylic acid groups (broad SMARTS) is 1. The van der Waals surface area contributed by atoms with Crippen molar-refractivity contribution in [2.45, 2.75) is 0 Å². The van der Waals surface area contributed by atoms with Crippen LogP contribution >= 0.6 is 0 Å². The first-order chi connectivity index (χ1) is 2.27. The molecule has 3 heteroatoms. The molecule has 2 nitrogen and oxygen atoms in total. The van der Waals surface area contributed by atoms with Crippen molar-refractivity contribution < 1.29 is 32.3 Å². The molecule has 6 heavy (non-hydrogen) atoms. The SMILES string of the molecule is C#CC(=O)O.[Ag]. The fraction of sp³-hybridized carbons (Fsp3) is 0. The third-order valence-corrected chi connectivity index (χ3v) is 0.123. The molecule has 0 saturated carbocycles. The molecule has 0 spiro atoms. The van der Waals surface area contributed by atoms with Gasteiger partial charge in [-0.2, -0.15) is 0 Å². The molecule has 0 aromatic rings. The molecule has 0 aliphatic rings. The Kier molecular flexibility index (Phi) is 7.34. The third-order valence-electron chi connectivity index (χ3n) is 0.123. The second-order valence-electron chi connectivity index (χ2n) is 0.449. The van der Waals surface area contributed by atoms with Crippen LogP contribution in [0.15, 0.2) is 0 Å².